The number of aryl methyl sites for hydroxylation is 1. The van der Waals surface area contributed by atoms with E-state index < -0.39 is 11.9 Å². The Kier molecular flexibility index (Phi) is 7.45. The summed E-state index contributed by atoms with van der Waals surface area (Å²) in [4.78, 5) is 17.2. The number of nitrogens with one attached hydrogen (secondary N) is 2. The van der Waals surface area contributed by atoms with E-state index in [9.17, 15) is 9.18 Å². The molecule has 160 valence electrons. The highest BCUT2D eigenvalue weighted by molar-refractivity contribution is 5.94. The normalized spacial score (nSPS) is 12.1. The van der Waals surface area contributed by atoms with Gasteiger partial charge in [-0.2, -0.15) is 5.10 Å². The van der Waals surface area contributed by atoms with Gasteiger partial charge in [0.2, 0.25) is 5.91 Å². The van der Waals surface area contributed by atoms with Gasteiger partial charge in [-0.15, -0.1) is 0 Å². The van der Waals surface area contributed by atoms with Crippen LogP contribution in [0, 0.1) is 5.82 Å². The molecule has 0 saturated carbocycles. The lowest BCUT2D eigenvalue weighted by Crippen LogP contribution is -2.42. The van der Waals surface area contributed by atoms with Gasteiger partial charge in [-0.3, -0.25) is 19.8 Å². The van der Waals surface area contributed by atoms with Gasteiger partial charge >= 0.3 is 0 Å². The highest BCUT2D eigenvalue weighted by atomic mass is 19.1. The van der Waals surface area contributed by atoms with Gasteiger partial charge in [0, 0.05) is 19.7 Å². The Balaban J connectivity index is 1.75. The van der Waals surface area contributed by atoms with Crippen LogP contribution in [0.3, 0.4) is 0 Å². The largest absolute Gasteiger partial charge is 0.310 e. The quantitative estimate of drug-likeness (QED) is 0.517. The highest BCUT2D eigenvalue weighted by Gasteiger charge is 2.20. The van der Waals surface area contributed by atoms with Crippen molar-refractivity contribution in [3.05, 3.63) is 96.2 Å². The van der Waals surface area contributed by atoms with Crippen LogP contribution in [-0.4, -0.2) is 26.7 Å². The van der Waals surface area contributed by atoms with E-state index in [0.29, 0.717) is 30.2 Å². The van der Waals surface area contributed by atoms with E-state index in [-0.39, 0.29) is 5.91 Å². The Morgan fingerprint density at radius 1 is 1.26 bits per heavy atom. The number of nitrogens with zero attached hydrogens (tertiary/aromatic N) is 3. The molecule has 2 aromatic heterocycles. The van der Waals surface area contributed by atoms with Crippen LogP contribution in [0.1, 0.15) is 23.9 Å². The van der Waals surface area contributed by atoms with Crippen molar-refractivity contribution in [2.45, 2.75) is 25.9 Å². The zero-order valence-electron chi connectivity index (χ0n) is 17.7. The Morgan fingerprint density at radius 2 is 2.03 bits per heavy atom. The average molecular weight is 420 g/mol. The van der Waals surface area contributed by atoms with Crippen molar-refractivity contribution in [1.29, 1.82) is 0 Å². The molecule has 0 saturated heterocycles. The molecular weight excluding hydrogens is 393 g/mol. The molecule has 3 aromatic rings. The van der Waals surface area contributed by atoms with Crippen molar-refractivity contribution >= 4 is 17.3 Å². The van der Waals surface area contributed by atoms with E-state index in [1.807, 2.05) is 49.4 Å². The Morgan fingerprint density at radius 3 is 2.71 bits per heavy atom. The molecule has 0 aliphatic rings. The van der Waals surface area contributed by atoms with Crippen molar-refractivity contribution in [2.75, 3.05) is 5.32 Å². The Hall–Kier alpha value is -3.58. The summed E-state index contributed by atoms with van der Waals surface area (Å²) in [5.74, 6) is -0.0172. The molecule has 0 aliphatic carbocycles. The fraction of sp³-hybridized carbons (Fsp3) is 0.208. The molecule has 0 radical (unpaired) electrons. The summed E-state index contributed by atoms with van der Waals surface area (Å²) in [6, 6.07) is 14.0. The molecule has 3 rings (SSSR count). The van der Waals surface area contributed by atoms with E-state index in [1.54, 1.807) is 23.9 Å². The first-order chi connectivity index (χ1) is 15.0. The first kappa shape index (κ1) is 22.1. The summed E-state index contributed by atoms with van der Waals surface area (Å²) < 4.78 is 14.7. The molecule has 31 heavy (non-hydrogen) atoms. The van der Waals surface area contributed by atoms with Crippen LogP contribution in [0.4, 0.5) is 10.2 Å². The van der Waals surface area contributed by atoms with Gasteiger partial charge in [0.1, 0.15) is 11.6 Å². The topological polar surface area (TPSA) is 71.8 Å². The van der Waals surface area contributed by atoms with E-state index in [2.05, 4.69) is 27.3 Å². The molecule has 7 heteroatoms. The number of hydrogen-bond donors (Lipinski definition) is 2. The molecule has 1 atom stereocenters. The average Bonchev–Trinajstić information content (AvgIpc) is 3.13. The Labute approximate surface area is 181 Å². The third-order valence-corrected chi connectivity index (χ3v) is 4.75. The second kappa shape index (κ2) is 10.4. The number of aromatic nitrogens is 3. The molecular formula is C24H26FN5O. The minimum Gasteiger partial charge on any atom is -0.310 e. The van der Waals surface area contributed by atoms with Crippen LogP contribution in [0.2, 0.25) is 0 Å². The molecule has 0 spiro atoms. The van der Waals surface area contributed by atoms with Gasteiger partial charge in [-0.25, -0.2) is 4.39 Å². The number of halogens is 1. The minimum atomic E-state index is -0.522. The van der Waals surface area contributed by atoms with Crippen LogP contribution in [0.15, 0.2) is 73.5 Å². The first-order valence-electron chi connectivity index (χ1n) is 10.0. The van der Waals surface area contributed by atoms with Gasteiger partial charge < -0.3 is 5.32 Å². The number of allylic oxidation sites excluding steroid dienone is 3. The van der Waals surface area contributed by atoms with Gasteiger partial charge in [0.05, 0.1) is 23.6 Å². The molecule has 2 heterocycles. The summed E-state index contributed by atoms with van der Waals surface area (Å²) in [6.07, 6.45) is 5.41. The summed E-state index contributed by atoms with van der Waals surface area (Å²) in [7, 11) is 1.77. The number of rotatable bonds is 9. The fourth-order valence-corrected chi connectivity index (χ4v) is 3.09. The number of carbonyl (C=O) groups excluding carboxylic acids is 1. The smallest absolute Gasteiger partial charge is 0.243 e. The lowest BCUT2D eigenvalue weighted by atomic mass is 10.1. The molecule has 0 aliphatic heterocycles. The molecule has 1 unspecified atom stereocenters. The monoisotopic (exact) mass is 419 g/mol. The molecule has 1 amide bonds. The maximum absolute atomic E-state index is 13.1. The van der Waals surface area contributed by atoms with Crippen LogP contribution >= 0.6 is 0 Å². The second-order valence-corrected chi connectivity index (χ2v) is 7.14. The maximum Gasteiger partial charge on any atom is 0.243 e. The van der Waals surface area contributed by atoms with E-state index in [1.165, 1.54) is 6.07 Å². The molecule has 2 N–H and O–H groups in total. The fourth-order valence-electron chi connectivity index (χ4n) is 3.09. The van der Waals surface area contributed by atoms with Gasteiger partial charge in [-0.1, -0.05) is 49.1 Å². The zero-order valence-corrected chi connectivity index (χ0v) is 17.7. The minimum absolute atomic E-state index is 0.197. The summed E-state index contributed by atoms with van der Waals surface area (Å²) in [6.45, 7) is 6.23. The SMILES string of the molecule is C=C(C=CC)c1cc(NC(=O)C(Cc2ccccc2)NCc2ccc(F)cn2)n(C)n1. The van der Waals surface area contributed by atoms with Crippen molar-refractivity contribution in [3.63, 3.8) is 0 Å². The van der Waals surface area contributed by atoms with E-state index in [0.717, 1.165) is 17.3 Å². The molecule has 1 aromatic carbocycles. The van der Waals surface area contributed by atoms with Crippen LogP contribution in [0.25, 0.3) is 5.57 Å². The summed E-state index contributed by atoms with van der Waals surface area (Å²) >= 11 is 0. The predicted molar refractivity (Wildman–Crippen MR) is 121 cm³/mol. The third-order valence-electron chi connectivity index (χ3n) is 4.75. The lowest BCUT2D eigenvalue weighted by molar-refractivity contribution is -0.118. The van der Waals surface area contributed by atoms with Crippen molar-refractivity contribution in [3.8, 4) is 0 Å². The van der Waals surface area contributed by atoms with Gasteiger partial charge in [-0.05, 0) is 36.6 Å². The number of amides is 1. The molecule has 0 bridgehead atoms. The van der Waals surface area contributed by atoms with Crippen molar-refractivity contribution in [2.24, 2.45) is 7.05 Å². The van der Waals surface area contributed by atoms with Gasteiger partial charge in [0.25, 0.3) is 0 Å². The van der Waals surface area contributed by atoms with Gasteiger partial charge in [0.15, 0.2) is 0 Å². The second-order valence-electron chi connectivity index (χ2n) is 7.14. The number of hydrogen-bond acceptors (Lipinski definition) is 4. The van der Waals surface area contributed by atoms with Crippen LogP contribution < -0.4 is 10.6 Å². The zero-order chi connectivity index (χ0) is 22.2. The molecule has 0 fully saturated rings. The Bertz CT molecular complexity index is 1060. The van der Waals surface area contributed by atoms with Crippen LogP contribution in [0.5, 0.6) is 0 Å². The highest BCUT2D eigenvalue weighted by Crippen LogP contribution is 2.17. The summed E-state index contributed by atoms with van der Waals surface area (Å²) in [5, 5.41) is 10.6. The van der Waals surface area contributed by atoms with E-state index in [4.69, 9.17) is 0 Å². The number of carbonyl (C=O) groups is 1. The first-order valence-corrected chi connectivity index (χ1v) is 10.0. The van der Waals surface area contributed by atoms with Crippen molar-refractivity contribution < 1.29 is 9.18 Å². The number of pyridine rings is 1. The number of benzene rings is 1. The summed E-state index contributed by atoms with van der Waals surface area (Å²) in [5.41, 5.74) is 3.13. The maximum atomic E-state index is 13.1. The molecule has 6 nitrogen and oxygen atoms in total. The predicted octanol–water partition coefficient (Wildman–Crippen LogP) is 3.88. The standard InChI is InChI=1S/C24H26FN5O/c1-4-8-17(2)21-14-23(30(3)29-21)28-24(31)22(13-18-9-6-5-7-10-18)27-16-20-12-11-19(25)15-26-20/h4-12,14-15,22,27H,2,13,16H2,1,3H3,(H,28,31). The van der Waals surface area contributed by atoms with Crippen molar-refractivity contribution in [1.82, 2.24) is 20.1 Å². The van der Waals surface area contributed by atoms with E-state index >= 15 is 0 Å². The number of anilines is 1. The third kappa shape index (κ3) is 6.20. The lowest BCUT2D eigenvalue weighted by Gasteiger charge is -2.18. The van der Waals surface area contributed by atoms with Crippen LogP contribution in [-0.2, 0) is 24.8 Å².